The highest BCUT2D eigenvalue weighted by atomic mass is 16.4. The average molecular weight is 170 g/mol. The maximum absolute atomic E-state index is 11.0. The highest BCUT2D eigenvalue weighted by Gasteiger charge is 2.47. The van der Waals surface area contributed by atoms with Crippen molar-refractivity contribution in [3.8, 4) is 0 Å². The first-order valence-electron chi connectivity index (χ1n) is 4.87. The van der Waals surface area contributed by atoms with E-state index in [2.05, 4.69) is 13.8 Å². The minimum absolute atomic E-state index is 0.351. The Balaban J connectivity index is 2.60. The summed E-state index contributed by atoms with van der Waals surface area (Å²) in [4.78, 5) is 11.0. The van der Waals surface area contributed by atoms with E-state index in [1.807, 2.05) is 0 Å². The Morgan fingerprint density at radius 3 is 2.42 bits per heavy atom. The van der Waals surface area contributed by atoms with Crippen molar-refractivity contribution in [2.75, 3.05) is 0 Å². The molecule has 1 rings (SSSR count). The summed E-state index contributed by atoms with van der Waals surface area (Å²) in [7, 11) is 0. The highest BCUT2D eigenvalue weighted by molar-refractivity contribution is 5.76. The van der Waals surface area contributed by atoms with Crippen molar-refractivity contribution in [3.05, 3.63) is 0 Å². The molecule has 1 aliphatic rings. The molecule has 0 aromatic carbocycles. The number of rotatable bonds is 4. The molecule has 0 spiro atoms. The monoisotopic (exact) mass is 170 g/mol. The molecule has 0 aromatic rings. The minimum atomic E-state index is -0.574. The Hall–Kier alpha value is -0.530. The maximum atomic E-state index is 11.0. The van der Waals surface area contributed by atoms with Crippen LogP contribution in [0.3, 0.4) is 0 Å². The SMILES string of the molecule is CCCC(C)C1(C(=O)O)CCC1. The van der Waals surface area contributed by atoms with Crippen LogP contribution >= 0.6 is 0 Å². The summed E-state index contributed by atoms with van der Waals surface area (Å²) >= 11 is 0. The molecule has 1 saturated carbocycles. The lowest BCUT2D eigenvalue weighted by molar-refractivity contribution is -0.159. The third-order valence-electron chi connectivity index (χ3n) is 3.34. The van der Waals surface area contributed by atoms with E-state index in [1.54, 1.807) is 0 Å². The lowest BCUT2D eigenvalue weighted by Gasteiger charge is -2.42. The van der Waals surface area contributed by atoms with E-state index in [0.717, 1.165) is 32.1 Å². The number of carbonyl (C=O) groups is 1. The third-order valence-corrected chi connectivity index (χ3v) is 3.34. The first-order chi connectivity index (χ1) is 5.63. The van der Waals surface area contributed by atoms with Crippen LogP contribution in [0, 0.1) is 11.3 Å². The molecule has 2 heteroatoms. The van der Waals surface area contributed by atoms with Gasteiger partial charge in [0.2, 0.25) is 0 Å². The van der Waals surface area contributed by atoms with Crippen LogP contribution in [0.2, 0.25) is 0 Å². The zero-order valence-corrected chi connectivity index (χ0v) is 7.97. The lowest BCUT2D eigenvalue weighted by atomic mass is 9.60. The predicted octanol–water partition coefficient (Wildman–Crippen LogP) is 2.68. The van der Waals surface area contributed by atoms with E-state index in [4.69, 9.17) is 5.11 Å². The summed E-state index contributed by atoms with van der Waals surface area (Å²) in [6.07, 6.45) is 5.02. The van der Waals surface area contributed by atoms with E-state index in [9.17, 15) is 4.79 Å². The lowest BCUT2D eigenvalue weighted by Crippen LogP contribution is -2.43. The van der Waals surface area contributed by atoms with Crippen LogP contribution in [-0.2, 0) is 4.79 Å². The zero-order valence-electron chi connectivity index (χ0n) is 7.97. The van der Waals surface area contributed by atoms with E-state index in [-0.39, 0.29) is 5.41 Å². The summed E-state index contributed by atoms with van der Waals surface area (Å²) in [5.74, 6) is -0.219. The standard InChI is InChI=1S/C10H18O2/c1-3-5-8(2)10(9(11)12)6-4-7-10/h8H,3-7H2,1-2H3,(H,11,12). The Morgan fingerprint density at radius 1 is 1.58 bits per heavy atom. The molecule has 0 bridgehead atoms. The van der Waals surface area contributed by atoms with Gasteiger partial charge < -0.3 is 5.11 Å². The second-order valence-corrected chi connectivity index (χ2v) is 4.00. The fourth-order valence-corrected chi connectivity index (χ4v) is 2.18. The van der Waals surface area contributed by atoms with Gasteiger partial charge in [-0.1, -0.05) is 26.7 Å². The van der Waals surface area contributed by atoms with Crippen LogP contribution in [0.4, 0.5) is 0 Å². The van der Waals surface area contributed by atoms with Gasteiger partial charge in [0.1, 0.15) is 0 Å². The molecule has 1 fully saturated rings. The Kier molecular flexibility index (Phi) is 2.76. The minimum Gasteiger partial charge on any atom is -0.481 e. The number of aliphatic carboxylic acids is 1. The third kappa shape index (κ3) is 1.35. The van der Waals surface area contributed by atoms with E-state index < -0.39 is 5.97 Å². The number of carboxylic acid groups (broad SMARTS) is 1. The highest BCUT2D eigenvalue weighted by Crippen LogP contribution is 2.48. The van der Waals surface area contributed by atoms with Crippen molar-refractivity contribution < 1.29 is 9.90 Å². The van der Waals surface area contributed by atoms with Crippen molar-refractivity contribution in [3.63, 3.8) is 0 Å². The van der Waals surface area contributed by atoms with Gasteiger partial charge in [0.05, 0.1) is 5.41 Å². The Labute approximate surface area is 74.0 Å². The first-order valence-corrected chi connectivity index (χ1v) is 4.87. The second kappa shape index (κ2) is 3.46. The van der Waals surface area contributed by atoms with Crippen LogP contribution < -0.4 is 0 Å². The van der Waals surface area contributed by atoms with Crippen molar-refractivity contribution in [2.45, 2.75) is 46.0 Å². The van der Waals surface area contributed by atoms with E-state index in [1.165, 1.54) is 0 Å². The van der Waals surface area contributed by atoms with Crippen molar-refractivity contribution >= 4 is 5.97 Å². The van der Waals surface area contributed by atoms with Gasteiger partial charge in [0.15, 0.2) is 0 Å². The fourth-order valence-electron chi connectivity index (χ4n) is 2.18. The number of carboxylic acids is 1. The zero-order chi connectivity index (χ0) is 9.19. The molecule has 0 radical (unpaired) electrons. The van der Waals surface area contributed by atoms with Crippen LogP contribution in [-0.4, -0.2) is 11.1 Å². The summed E-state index contributed by atoms with van der Waals surface area (Å²) in [6, 6.07) is 0. The molecule has 1 aliphatic carbocycles. The first kappa shape index (κ1) is 9.56. The molecule has 0 aromatic heterocycles. The van der Waals surface area contributed by atoms with Crippen LogP contribution in [0.15, 0.2) is 0 Å². The molecule has 0 heterocycles. The van der Waals surface area contributed by atoms with Gasteiger partial charge in [0, 0.05) is 0 Å². The molecule has 1 N–H and O–H groups in total. The second-order valence-electron chi connectivity index (χ2n) is 4.00. The summed E-state index contributed by atoms with van der Waals surface area (Å²) in [6.45, 7) is 4.20. The topological polar surface area (TPSA) is 37.3 Å². The van der Waals surface area contributed by atoms with Crippen LogP contribution in [0.5, 0.6) is 0 Å². The molecule has 1 unspecified atom stereocenters. The summed E-state index contributed by atoms with van der Waals surface area (Å²) in [5, 5.41) is 9.08. The molecular weight excluding hydrogens is 152 g/mol. The smallest absolute Gasteiger partial charge is 0.309 e. The molecule has 12 heavy (non-hydrogen) atoms. The summed E-state index contributed by atoms with van der Waals surface area (Å²) < 4.78 is 0. The molecule has 70 valence electrons. The van der Waals surface area contributed by atoms with Crippen molar-refractivity contribution in [2.24, 2.45) is 11.3 Å². The van der Waals surface area contributed by atoms with Crippen LogP contribution in [0.25, 0.3) is 0 Å². The molecule has 0 aliphatic heterocycles. The molecule has 2 nitrogen and oxygen atoms in total. The number of hydrogen-bond donors (Lipinski definition) is 1. The molecule has 0 amide bonds. The van der Waals surface area contributed by atoms with Gasteiger partial charge in [-0.3, -0.25) is 4.79 Å². The van der Waals surface area contributed by atoms with Gasteiger partial charge in [-0.15, -0.1) is 0 Å². The maximum Gasteiger partial charge on any atom is 0.309 e. The fraction of sp³-hybridized carbons (Fsp3) is 0.900. The van der Waals surface area contributed by atoms with Crippen LogP contribution in [0.1, 0.15) is 46.0 Å². The van der Waals surface area contributed by atoms with Gasteiger partial charge in [-0.2, -0.15) is 0 Å². The largest absolute Gasteiger partial charge is 0.481 e. The average Bonchev–Trinajstić information content (AvgIpc) is 1.83. The predicted molar refractivity (Wildman–Crippen MR) is 48.0 cm³/mol. The van der Waals surface area contributed by atoms with Crippen molar-refractivity contribution in [1.82, 2.24) is 0 Å². The quantitative estimate of drug-likeness (QED) is 0.704. The molecule has 1 atom stereocenters. The Bertz CT molecular complexity index is 171. The van der Waals surface area contributed by atoms with Gasteiger partial charge in [-0.25, -0.2) is 0 Å². The van der Waals surface area contributed by atoms with Crippen molar-refractivity contribution in [1.29, 1.82) is 0 Å². The normalized spacial score (nSPS) is 22.8. The molecular formula is C10H18O2. The molecule has 0 saturated heterocycles. The van der Waals surface area contributed by atoms with E-state index >= 15 is 0 Å². The van der Waals surface area contributed by atoms with Gasteiger partial charge >= 0.3 is 5.97 Å². The van der Waals surface area contributed by atoms with Gasteiger partial charge in [-0.05, 0) is 25.2 Å². The number of hydrogen-bond acceptors (Lipinski definition) is 1. The summed E-state index contributed by atoms with van der Waals surface area (Å²) in [5.41, 5.74) is -0.351. The van der Waals surface area contributed by atoms with Gasteiger partial charge in [0.25, 0.3) is 0 Å². The Morgan fingerprint density at radius 2 is 2.17 bits per heavy atom. The van der Waals surface area contributed by atoms with E-state index in [0.29, 0.717) is 5.92 Å².